The minimum absolute atomic E-state index is 0.0681. The number of benzene rings is 4. The van der Waals surface area contributed by atoms with Crippen molar-refractivity contribution in [1.29, 1.82) is 0 Å². The largest absolute Gasteiger partial charge is 0.446 e. The third kappa shape index (κ3) is 13.8. The lowest BCUT2D eigenvalue weighted by atomic mass is 9.73. The van der Waals surface area contributed by atoms with Crippen LogP contribution in [0.15, 0.2) is 117 Å². The van der Waals surface area contributed by atoms with Gasteiger partial charge in [-0.3, -0.25) is 19.3 Å². The van der Waals surface area contributed by atoms with Gasteiger partial charge in [-0.15, -0.1) is 11.8 Å². The zero-order chi connectivity index (χ0) is 42.8. The minimum Gasteiger partial charge on any atom is -0.381 e. The molecular formula is C47H55ClF3N5O2S3. The first kappa shape index (κ1) is 45.7. The first-order valence-corrected chi connectivity index (χ1v) is 24.0. The zero-order valence-electron chi connectivity index (χ0n) is 34.8. The van der Waals surface area contributed by atoms with E-state index < -0.39 is 5.51 Å². The van der Waals surface area contributed by atoms with Crippen LogP contribution >= 0.6 is 47.1 Å². The quantitative estimate of drug-likeness (QED) is 0.0845. The molecule has 0 bridgehead atoms. The van der Waals surface area contributed by atoms with E-state index in [4.69, 9.17) is 16.3 Å². The fraction of sp³-hybridized carbons (Fsp3) is 0.426. The van der Waals surface area contributed by atoms with E-state index in [0.29, 0.717) is 35.1 Å². The van der Waals surface area contributed by atoms with Gasteiger partial charge in [-0.2, -0.15) is 13.2 Å². The van der Waals surface area contributed by atoms with Gasteiger partial charge in [0.15, 0.2) is 0 Å². The maximum atomic E-state index is 13.9. The van der Waals surface area contributed by atoms with Gasteiger partial charge in [-0.1, -0.05) is 61.4 Å². The highest BCUT2D eigenvalue weighted by molar-refractivity contribution is 8.00. The van der Waals surface area contributed by atoms with E-state index in [-0.39, 0.29) is 34.0 Å². The van der Waals surface area contributed by atoms with Gasteiger partial charge in [0.1, 0.15) is 0 Å². The summed E-state index contributed by atoms with van der Waals surface area (Å²) >= 11 is 8.77. The normalized spacial score (nSPS) is 18.2. The molecule has 1 unspecified atom stereocenters. The number of nitrogens with one attached hydrogen (secondary N) is 2. The van der Waals surface area contributed by atoms with Gasteiger partial charge >= 0.3 is 5.51 Å². The summed E-state index contributed by atoms with van der Waals surface area (Å²) in [6, 6.07) is 30.7. The smallest absolute Gasteiger partial charge is 0.381 e. The van der Waals surface area contributed by atoms with Gasteiger partial charge in [-0.05, 0) is 133 Å². The average molecular weight is 911 g/mol. The van der Waals surface area contributed by atoms with Crippen LogP contribution in [0.2, 0.25) is 5.02 Å². The molecule has 61 heavy (non-hydrogen) atoms. The highest BCUT2D eigenvalue weighted by Crippen LogP contribution is 2.44. The third-order valence-corrected chi connectivity index (χ3v) is 14.5. The molecular weight excluding hydrogens is 855 g/mol. The first-order chi connectivity index (χ1) is 29.4. The molecule has 3 aliphatic rings. The third-order valence-electron chi connectivity index (χ3n) is 11.5. The Bertz CT molecular complexity index is 2080. The van der Waals surface area contributed by atoms with Crippen molar-refractivity contribution in [1.82, 2.24) is 14.5 Å². The summed E-state index contributed by atoms with van der Waals surface area (Å²) in [5.74, 6) is 0.380. The predicted molar refractivity (Wildman–Crippen MR) is 249 cm³/mol. The van der Waals surface area contributed by atoms with Gasteiger partial charge in [0, 0.05) is 101 Å². The standard InChI is InChI=1S/C47H55ClF3N5O2S3/c1-46(2)20-18-42(34-8-12-37(48)13-9-34)36(31-46)32-55-22-24-56(25-23-55)39-14-10-35(11-15-39)45(57)53-61-41-16-17-43(44(30-41)60-47(49,50)51)52-38(19-21-54-26-28-58-29-27-54)33-59-40-6-4-3-5-7-40/h3-17,30,38,52H,18-29,31-33H2,1-2H3,(H,53,57). The summed E-state index contributed by atoms with van der Waals surface area (Å²) < 4.78 is 50.1. The van der Waals surface area contributed by atoms with Gasteiger partial charge < -0.3 is 15.0 Å². The van der Waals surface area contributed by atoms with Gasteiger partial charge in [-0.25, -0.2) is 0 Å². The Hall–Kier alpha value is -3.30. The Morgan fingerprint density at radius 2 is 1.59 bits per heavy atom. The van der Waals surface area contributed by atoms with E-state index in [0.717, 1.165) is 99.2 Å². The molecule has 1 amide bonds. The second kappa shape index (κ2) is 21.4. The molecule has 1 atom stereocenters. The molecule has 4 aromatic carbocycles. The number of alkyl halides is 3. The number of carbonyl (C=O) groups excluding carboxylic acids is 1. The molecule has 0 saturated carbocycles. The maximum Gasteiger partial charge on any atom is 0.446 e. The average Bonchev–Trinajstić information content (AvgIpc) is 3.25. The molecule has 0 spiro atoms. The number of allylic oxidation sites excluding steroid dienone is 1. The van der Waals surface area contributed by atoms with Crippen molar-refractivity contribution in [3.8, 4) is 0 Å². The first-order valence-electron chi connectivity index (χ1n) is 21.0. The topological polar surface area (TPSA) is 60.1 Å². The van der Waals surface area contributed by atoms with Crippen LogP contribution in [0.3, 0.4) is 0 Å². The van der Waals surface area contributed by atoms with Crippen LogP contribution in [-0.4, -0.2) is 98.6 Å². The van der Waals surface area contributed by atoms with Gasteiger partial charge in [0.2, 0.25) is 0 Å². The molecule has 2 aliphatic heterocycles. The lowest BCUT2D eigenvalue weighted by Gasteiger charge is -2.39. The van der Waals surface area contributed by atoms with Crippen molar-refractivity contribution in [2.75, 3.05) is 81.5 Å². The second-order valence-corrected chi connectivity index (χ2v) is 20.2. The number of nitrogens with zero attached hydrogens (tertiary/aromatic N) is 3. The Labute approximate surface area is 376 Å². The summed E-state index contributed by atoms with van der Waals surface area (Å²) in [7, 11) is 0. The van der Waals surface area contributed by atoms with E-state index in [2.05, 4.69) is 50.7 Å². The van der Waals surface area contributed by atoms with Crippen LogP contribution in [0.25, 0.3) is 5.57 Å². The number of anilines is 2. The summed E-state index contributed by atoms with van der Waals surface area (Å²) in [6.45, 7) is 13.3. The molecule has 2 heterocycles. The van der Waals surface area contributed by atoms with E-state index in [1.165, 1.54) is 29.2 Å². The molecule has 0 aromatic heterocycles. The van der Waals surface area contributed by atoms with E-state index in [1.54, 1.807) is 23.9 Å². The minimum atomic E-state index is -4.48. The maximum absolute atomic E-state index is 13.9. The Kier molecular flexibility index (Phi) is 16.0. The number of amides is 1. The van der Waals surface area contributed by atoms with Crippen LogP contribution < -0.4 is 14.9 Å². The van der Waals surface area contributed by atoms with Gasteiger partial charge in [0.25, 0.3) is 5.91 Å². The Morgan fingerprint density at radius 1 is 0.869 bits per heavy atom. The number of piperazine rings is 1. The van der Waals surface area contributed by atoms with Crippen LogP contribution in [0.4, 0.5) is 24.5 Å². The number of halogens is 4. The molecule has 2 fully saturated rings. The number of carbonyl (C=O) groups is 1. The molecule has 326 valence electrons. The zero-order valence-corrected chi connectivity index (χ0v) is 38.0. The number of thioether (sulfide) groups is 2. The van der Waals surface area contributed by atoms with Crippen molar-refractivity contribution in [2.24, 2.45) is 5.41 Å². The summed E-state index contributed by atoms with van der Waals surface area (Å²) in [4.78, 5) is 22.2. The highest BCUT2D eigenvalue weighted by atomic mass is 35.5. The van der Waals surface area contributed by atoms with E-state index in [9.17, 15) is 18.0 Å². The number of morpholine rings is 1. The number of rotatable bonds is 16. The van der Waals surface area contributed by atoms with Crippen LogP contribution in [0, 0.1) is 5.41 Å². The van der Waals surface area contributed by atoms with Crippen LogP contribution in [0.1, 0.15) is 55.5 Å². The van der Waals surface area contributed by atoms with E-state index in [1.807, 2.05) is 66.7 Å². The highest BCUT2D eigenvalue weighted by Gasteiger charge is 2.32. The van der Waals surface area contributed by atoms with Crippen LogP contribution in [0.5, 0.6) is 0 Å². The molecule has 1 aliphatic carbocycles. The fourth-order valence-electron chi connectivity index (χ4n) is 8.17. The summed E-state index contributed by atoms with van der Waals surface area (Å²) in [6.07, 6.45) is 4.11. The molecule has 7 rings (SSSR count). The monoisotopic (exact) mass is 909 g/mol. The lowest BCUT2D eigenvalue weighted by molar-refractivity contribution is -0.0328. The molecule has 2 N–H and O–H groups in total. The molecule has 0 radical (unpaired) electrons. The number of hydrogen-bond donors (Lipinski definition) is 2. The number of ether oxygens (including phenoxy) is 1. The fourth-order valence-corrected chi connectivity index (χ4v) is 10.7. The SMILES string of the molecule is CC1(C)CCC(c2ccc(Cl)cc2)=C(CN2CCN(c3ccc(C(=O)NSc4ccc(NC(CCN5CCOCC5)CSc5ccccc5)c(SC(F)(F)F)c4)cc3)CC2)C1. The molecule has 7 nitrogen and oxygen atoms in total. The van der Waals surface area contributed by atoms with Crippen molar-refractivity contribution in [3.05, 3.63) is 119 Å². The Morgan fingerprint density at radius 3 is 2.30 bits per heavy atom. The van der Waals surface area contributed by atoms with Gasteiger partial charge in [0.05, 0.1) is 13.2 Å². The van der Waals surface area contributed by atoms with E-state index >= 15 is 0 Å². The lowest BCUT2D eigenvalue weighted by Crippen LogP contribution is -2.47. The van der Waals surface area contributed by atoms with Crippen molar-refractivity contribution >= 4 is 69.9 Å². The molecule has 4 aromatic rings. The molecule has 2 saturated heterocycles. The Balaban J connectivity index is 0.940. The predicted octanol–water partition coefficient (Wildman–Crippen LogP) is 11.5. The van der Waals surface area contributed by atoms with Crippen molar-refractivity contribution in [3.63, 3.8) is 0 Å². The summed E-state index contributed by atoms with van der Waals surface area (Å²) in [5.41, 5.74) is 2.05. The van der Waals surface area contributed by atoms with Crippen molar-refractivity contribution < 1.29 is 22.7 Å². The van der Waals surface area contributed by atoms with Crippen molar-refractivity contribution in [2.45, 2.75) is 65.8 Å². The summed E-state index contributed by atoms with van der Waals surface area (Å²) in [5, 5.41) is 4.21. The van der Waals surface area contributed by atoms with Crippen LogP contribution in [-0.2, 0) is 4.74 Å². The molecule has 14 heteroatoms. The number of hydrogen-bond acceptors (Lipinski definition) is 9. The second-order valence-electron chi connectivity index (χ2n) is 16.7.